The molecule has 0 saturated heterocycles. The van der Waals surface area contributed by atoms with Gasteiger partial charge in [0.2, 0.25) is 5.91 Å². The van der Waals surface area contributed by atoms with Crippen LogP contribution in [0.3, 0.4) is 0 Å². The summed E-state index contributed by atoms with van der Waals surface area (Å²) in [5, 5.41) is 9.07. The first-order valence-corrected chi connectivity index (χ1v) is 8.71. The summed E-state index contributed by atoms with van der Waals surface area (Å²) in [6.07, 6.45) is 0. The molecule has 1 amide bonds. The average Bonchev–Trinajstić information content (AvgIpc) is 2.66. The SMILES string of the molecule is CCNC(=NCC(=O)Nc1ccc(F)cc1)NCC(C)c1ccccc1. The molecule has 0 bridgehead atoms. The topological polar surface area (TPSA) is 65.5 Å². The number of hydrogen-bond donors (Lipinski definition) is 3. The number of hydrogen-bond acceptors (Lipinski definition) is 2. The zero-order valence-electron chi connectivity index (χ0n) is 15.1. The maximum absolute atomic E-state index is 12.9. The number of anilines is 1. The Kier molecular flexibility index (Phi) is 7.61. The molecule has 5 nitrogen and oxygen atoms in total. The number of nitrogens with one attached hydrogen (secondary N) is 3. The molecule has 2 aromatic rings. The average molecular weight is 356 g/mol. The van der Waals surface area contributed by atoms with E-state index in [1.165, 1.54) is 29.8 Å². The second-order valence-corrected chi connectivity index (χ2v) is 5.94. The molecule has 3 N–H and O–H groups in total. The van der Waals surface area contributed by atoms with Crippen LogP contribution in [0.25, 0.3) is 0 Å². The summed E-state index contributed by atoms with van der Waals surface area (Å²) in [5.74, 6) is 0.301. The normalized spacial score (nSPS) is 12.3. The predicted octanol–water partition coefficient (Wildman–Crippen LogP) is 3.12. The first-order valence-electron chi connectivity index (χ1n) is 8.71. The van der Waals surface area contributed by atoms with Crippen molar-refractivity contribution < 1.29 is 9.18 Å². The van der Waals surface area contributed by atoms with Crippen molar-refractivity contribution in [1.29, 1.82) is 0 Å². The van der Waals surface area contributed by atoms with E-state index in [9.17, 15) is 9.18 Å². The van der Waals surface area contributed by atoms with Crippen LogP contribution in [0.2, 0.25) is 0 Å². The molecule has 0 heterocycles. The van der Waals surface area contributed by atoms with Gasteiger partial charge in [-0.3, -0.25) is 4.79 Å². The van der Waals surface area contributed by atoms with E-state index in [1.807, 2.05) is 25.1 Å². The van der Waals surface area contributed by atoms with Crippen LogP contribution in [-0.4, -0.2) is 31.5 Å². The van der Waals surface area contributed by atoms with Gasteiger partial charge in [0, 0.05) is 18.8 Å². The molecule has 138 valence electrons. The van der Waals surface area contributed by atoms with Crippen LogP contribution in [0.15, 0.2) is 59.6 Å². The molecule has 0 aliphatic heterocycles. The Balaban J connectivity index is 1.87. The third kappa shape index (κ3) is 6.55. The van der Waals surface area contributed by atoms with E-state index in [1.54, 1.807) is 0 Å². The van der Waals surface area contributed by atoms with Crippen molar-refractivity contribution in [3.63, 3.8) is 0 Å². The fourth-order valence-electron chi connectivity index (χ4n) is 2.38. The molecular formula is C20H25FN4O. The van der Waals surface area contributed by atoms with Gasteiger partial charge in [0.1, 0.15) is 12.4 Å². The number of aliphatic imine (C=N–C) groups is 1. The Morgan fingerprint density at radius 3 is 2.42 bits per heavy atom. The van der Waals surface area contributed by atoms with Crippen LogP contribution >= 0.6 is 0 Å². The van der Waals surface area contributed by atoms with Crippen molar-refractivity contribution in [2.75, 3.05) is 25.0 Å². The number of guanidine groups is 1. The van der Waals surface area contributed by atoms with Crippen molar-refractivity contribution in [3.8, 4) is 0 Å². The van der Waals surface area contributed by atoms with Crippen molar-refractivity contribution >= 4 is 17.6 Å². The van der Waals surface area contributed by atoms with Crippen LogP contribution < -0.4 is 16.0 Å². The van der Waals surface area contributed by atoms with E-state index in [4.69, 9.17) is 0 Å². The van der Waals surface area contributed by atoms with E-state index in [-0.39, 0.29) is 18.3 Å². The highest BCUT2D eigenvalue weighted by molar-refractivity contribution is 5.94. The Bertz CT molecular complexity index is 716. The van der Waals surface area contributed by atoms with Crippen molar-refractivity contribution in [2.24, 2.45) is 4.99 Å². The molecule has 0 aliphatic carbocycles. The monoisotopic (exact) mass is 356 g/mol. The van der Waals surface area contributed by atoms with Crippen LogP contribution in [0, 0.1) is 5.82 Å². The first-order chi connectivity index (χ1) is 12.6. The van der Waals surface area contributed by atoms with Gasteiger partial charge in [-0.15, -0.1) is 0 Å². The molecule has 0 radical (unpaired) electrons. The zero-order valence-corrected chi connectivity index (χ0v) is 15.1. The lowest BCUT2D eigenvalue weighted by Gasteiger charge is -2.16. The molecule has 2 rings (SSSR count). The molecule has 0 aromatic heterocycles. The standard InChI is InChI=1S/C20H25FN4O/c1-3-22-20(23-13-15(2)16-7-5-4-6-8-16)24-14-19(26)25-18-11-9-17(21)10-12-18/h4-12,15H,3,13-14H2,1-2H3,(H,25,26)(H2,22,23,24). The molecule has 0 aliphatic rings. The fraction of sp³-hybridized carbons (Fsp3) is 0.300. The van der Waals surface area contributed by atoms with Crippen LogP contribution in [0.4, 0.5) is 10.1 Å². The maximum atomic E-state index is 12.9. The minimum absolute atomic E-state index is 0.0214. The molecule has 26 heavy (non-hydrogen) atoms. The summed E-state index contributed by atoms with van der Waals surface area (Å²) < 4.78 is 12.9. The predicted molar refractivity (Wildman–Crippen MR) is 104 cm³/mol. The van der Waals surface area contributed by atoms with E-state index < -0.39 is 0 Å². The van der Waals surface area contributed by atoms with Gasteiger partial charge >= 0.3 is 0 Å². The summed E-state index contributed by atoms with van der Waals surface area (Å²) in [5.41, 5.74) is 1.78. The number of carbonyl (C=O) groups excluding carboxylic acids is 1. The van der Waals surface area contributed by atoms with Gasteiger partial charge in [0.15, 0.2) is 5.96 Å². The van der Waals surface area contributed by atoms with Gasteiger partial charge in [-0.1, -0.05) is 37.3 Å². The number of halogens is 1. The highest BCUT2D eigenvalue weighted by atomic mass is 19.1. The van der Waals surface area contributed by atoms with Gasteiger partial charge in [0.05, 0.1) is 0 Å². The van der Waals surface area contributed by atoms with E-state index in [0.29, 0.717) is 30.7 Å². The van der Waals surface area contributed by atoms with Crippen LogP contribution in [-0.2, 0) is 4.79 Å². The van der Waals surface area contributed by atoms with E-state index in [0.717, 1.165) is 0 Å². The molecule has 1 unspecified atom stereocenters. The molecule has 2 aromatic carbocycles. The lowest BCUT2D eigenvalue weighted by molar-refractivity contribution is -0.114. The third-order valence-corrected chi connectivity index (χ3v) is 3.80. The number of nitrogens with zero attached hydrogens (tertiary/aromatic N) is 1. The summed E-state index contributed by atoms with van der Waals surface area (Å²) in [6.45, 7) is 5.48. The second kappa shape index (κ2) is 10.2. The zero-order chi connectivity index (χ0) is 18.8. The van der Waals surface area contributed by atoms with Gasteiger partial charge in [-0.25, -0.2) is 9.38 Å². The van der Waals surface area contributed by atoms with Crippen molar-refractivity contribution in [3.05, 3.63) is 66.0 Å². The Morgan fingerprint density at radius 1 is 1.08 bits per heavy atom. The van der Waals surface area contributed by atoms with Crippen molar-refractivity contribution in [2.45, 2.75) is 19.8 Å². The summed E-state index contributed by atoms with van der Waals surface area (Å²) >= 11 is 0. The molecule has 0 spiro atoms. The molecule has 6 heteroatoms. The summed E-state index contributed by atoms with van der Waals surface area (Å²) in [4.78, 5) is 16.3. The maximum Gasteiger partial charge on any atom is 0.246 e. The van der Waals surface area contributed by atoms with Crippen molar-refractivity contribution in [1.82, 2.24) is 10.6 Å². The molecular weight excluding hydrogens is 331 g/mol. The lowest BCUT2D eigenvalue weighted by Crippen LogP contribution is -2.39. The minimum atomic E-state index is -0.341. The minimum Gasteiger partial charge on any atom is -0.357 e. The number of benzene rings is 2. The number of rotatable bonds is 7. The number of amides is 1. The Labute approximate surface area is 153 Å². The van der Waals surface area contributed by atoms with Gasteiger partial charge < -0.3 is 16.0 Å². The molecule has 1 atom stereocenters. The van der Waals surface area contributed by atoms with Gasteiger partial charge in [-0.05, 0) is 42.7 Å². The fourth-order valence-corrected chi connectivity index (χ4v) is 2.38. The summed E-state index contributed by atoms with van der Waals surface area (Å²) in [7, 11) is 0. The van der Waals surface area contributed by atoms with E-state index >= 15 is 0 Å². The summed E-state index contributed by atoms with van der Waals surface area (Å²) in [6, 6.07) is 15.8. The largest absolute Gasteiger partial charge is 0.357 e. The first kappa shape index (κ1) is 19.4. The quantitative estimate of drug-likeness (QED) is 0.527. The van der Waals surface area contributed by atoms with Gasteiger partial charge in [0.25, 0.3) is 0 Å². The molecule has 0 fully saturated rings. The Hall–Kier alpha value is -2.89. The van der Waals surface area contributed by atoms with E-state index in [2.05, 4.69) is 40.0 Å². The highest BCUT2D eigenvalue weighted by Gasteiger charge is 2.07. The molecule has 0 saturated carbocycles. The Morgan fingerprint density at radius 2 is 1.77 bits per heavy atom. The smallest absolute Gasteiger partial charge is 0.246 e. The highest BCUT2D eigenvalue weighted by Crippen LogP contribution is 2.12. The van der Waals surface area contributed by atoms with Crippen LogP contribution in [0.1, 0.15) is 25.3 Å². The second-order valence-electron chi connectivity index (χ2n) is 5.94. The van der Waals surface area contributed by atoms with Crippen LogP contribution in [0.5, 0.6) is 0 Å². The third-order valence-electron chi connectivity index (χ3n) is 3.80. The van der Waals surface area contributed by atoms with Gasteiger partial charge in [-0.2, -0.15) is 0 Å². The lowest BCUT2D eigenvalue weighted by atomic mass is 10.0. The number of carbonyl (C=O) groups is 1.